The average Bonchev–Trinajstić information content (AvgIpc) is 2.82. The van der Waals surface area contributed by atoms with E-state index in [1.54, 1.807) is 24.5 Å². The van der Waals surface area contributed by atoms with E-state index in [4.69, 9.17) is 0 Å². The Kier molecular flexibility index (Phi) is 3.30. The zero-order valence-electron chi connectivity index (χ0n) is 10.6. The minimum Gasteiger partial charge on any atom is -0.323 e. The van der Waals surface area contributed by atoms with Crippen molar-refractivity contribution in [3.63, 3.8) is 0 Å². The van der Waals surface area contributed by atoms with Crippen LogP contribution in [0.3, 0.4) is 0 Å². The molecule has 102 valence electrons. The van der Waals surface area contributed by atoms with Crippen molar-refractivity contribution in [1.82, 2.24) is 9.55 Å². The second kappa shape index (κ2) is 4.98. The van der Waals surface area contributed by atoms with Crippen LogP contribution in [-0.4, -0.2) is 9.55 Å². The Labute approximate surface area is 123 Å². The molecule has 2 aromatic carbocycles. The summed E-state index contributed by atoms with van der Waals surface area (Å²) in [5.41, 5.74) is 2.39. The Morgan fingerprint density at radius 3 is 2.55 bits per heavy atom. The standard InChI is InChI=1S/C15H11BrF2N2/c1-9(10-2-4-11(17)5-3-10)20-8-19-14-7-13(18)12(16)6-15(14)20/h2-9H,1H3/t9-/m0/s1. The zero-order valence-corrected chi connectivity index (χ0v) is 12.2. The molecule has 0 unspecified atom stereocenters. The predicted octanol–water partition coefficient (Wildman–Crippen LogP) is 4.69. The van der Waals surface area contributed by atoms with Gasteiger partial charge in [-0.25, -0.2) is 13.8 Å². The molecule has 5 heteroatoms. The van der Waals surface area contributed by atoms with Gasteiger partial charge in [-0.15, -0.1) is 0 Å². The van der Waals surface area contributed by atoms with E-state index < -0.39 is 0 Å². The second-order valence-corrected chi connectivity index (χ2v) is 5.49. The van der Waals surface area contributed by atoms with E-state index in [-0.39, 0.29) is 17.7 Å². The summed E-state index contributed by atoms with van der Waals surface area (Å²) in [4.78, 5) is 4.21. The van der Waals surface area contributed by atoms with Crippen molar-refractivity contribution in [1.29, 1.82) is 0 Å². The van der Waals surface area contributed by atoms with Gasteiger partial charge in [0.05, 0.1) is 27.9 Å². The molecule has 0 radical (unpaired) electrons. The van der Waals surface area contributed by atoms with Crippen LogP contribution >= 0.6 is 15.9 Å². The molecule has 1 aromatic heterocycles. The molecule has 0 saturated carbocycles. The molecule has 1 heterocycles. The summed E-state index contributed by atoms with van der Waals surface area (Å²) in [6.45, 7) is 1.99. The van der Waals surface area contributed by atoms with Gasteiger partial charge in [0.1, 0.15) is 11.6 Å². The average molecular weight is 337 g/mol. The fraction of sp³-hybridized carbons (Fsp3) is 0.133. The fourth-order valence-corrected chi connectivity index (χ4v) is 2.56. The lowest BCUT2D eigenvalue weighted by Gasteiger charge is -2.15. The van der Waals surface area contributed by atoms with Crippen molar-refractivity contribution in [2.24, 2.45) is 0 Å². The molecular weight excluding hydrogens is 326 g/mol. The number of nitrogens with zero attached hydrogens (tertiary/aromatic N) is 2. The topological polar surface area (TPSA) is 17.8 Å². The van der Waals surface area contributed by atoms with Gasteiger partial charge in [-0.2, -0.15) is 0 Å². The monoisotopic (exact) mass is 336 g/mol. The molecule has 0 bridgehead atoms. The molecule has 0 aliphatic rings. The van der Waals surface area contributed by atoms with E-state index >= 15 is 0 Å². The maximum Gasteiger partial charge on any atom is 0.139 e. The summed E-state index contributed by atoms with van der Waals surface area (Å²) in [5.74, 6) is -0.599. The van der Waals surface area contributed by atoms with Gasteiger partial charge in [-0.05, 0) is 46.6 Å². The number of rotatable bonds is 2. The van der Waals surface area contributed by atoms with E-state index in [9.17, 15) is 8.78 Å². The van der Waals surface area contributed by atoms with Crippen molar-refractivity contribution in [3.8, 4) is 0 Å². The van der Waals surface area contributed by atoms with Gasteiger partial charge in [-0.1, -0.05) is 12.1 Å². The number of hydrogen-bond donors (Lipinski definition) is 0. The molecule has 2 nitrogen and oxygen atoms in total. The molecule has 0 amide bonds. The third-order valence-corrected chi connectivity index (χ3v) is 3.99. The summed E-state index contributed by atoms with van der Waals surface area (Å²) in [7, 11) is 0. The normalized spacial score (nSPS) is 12.8. The molecule has 3 aromatic rings. The first-order chi connectivity index (χ1) is 9.56. The molecule has 0 spiro atoms. The highest BCUT2D eigenvalue weighted by atomic mass is 79.9. The van der Waals surface area contributed by atoms with Crippen molar-refractivity contribution >= 4 is 27.0 Å². The summed E-state index contributed by atoms with van der Waals surface area (Å²) in [5, 5.41) is 0. The van der Waals surface area contributed by atoms with E-state index in [1.165, 1.54) is 18.2 Å². The van der Waals surface area contributed by atoms with E-state index in [2.05, 4.69) is 20.9 Å². The van der Waals surface area contributed by atoms with Gasteiger partial charge < -0.3 is 4.57 Å². The van der Waals surface area contributed by atoms with Crippen LogP contribution in [0.5, 0.6) is 0 Å². The Bertz CT molecular complexity index is 765. The minimum atomic E-state index is -0.336. The molecule has 0 N–H and O–H groups in total. The molecule has 0 fully saturated rings. The van der Waals surface area contributed by atoms with Crippen LogP contribution in [0, 0.1) is 11.6 Å². The maximum absolute atomic E-state index is 13.5. The highest BCUT2D eigenvalue weighted by Crippen LogP contribution is 2.27. The van der Waals surface area contributed by atoms with Crippen LogP contribution in [0.4, 0.5) is 8.78 Å². The quantitative estimate of drug-likeness (QED) is 0.664. The molecule has 20 heavy (non-hydrogen) atoms. The van der Waals surface area contributed by atoms with Gasteiger partial charge in [-0.3, -0.25) is 0 Å². The van der Waals surface area contributed by atoms with Gasteiger partial charge in [0.2, 0.25) is 0 Å². The maximum atomic E-state index is 13.5. The van der Waals surface area contributed by atoms with Crippen LogP contribution in [0.1, 0.15) is 18.5 Å². The third kappa shape index (κ3) is 2.22. The highest BCUT2D eigenvalue weighted by Gasteiger charge is 2.13. The smallest absolute Gasteiger partial charge is 0.139 e. The predicted molar refractivity (Wildman–Crippen MR) is 77.6 cm³/mol. The number of halogens is 3. The van der Waals surface area contributed by atoms with E-state index in [0.717, 1.165) is 11.1 Å². The lowest BCUT2D eigenvalue weighted by Crippen LogP contribution is -2.05. The van der Waals surface area contributed by atoms with E-state index in [0.29, 0.717) is 9.99 Å². The molecule has 0 aliphatic heterocycles. The van der Waals surface area contributed by atoms with Gasteiger partial charge in [0.15, 0.2) is 0 Å². The lowest BCUT2D eigenvalue weighted by molar-refractivity contribution is 0.618. The van der Waals surface area contributed by atoms with Crippen LogP contribution in [0.25, 0.3) is 11.0 Å². The van der Waals surface area contributed by atoms with Crippen molar-refractivity contribution in [3.05, 3.63) is 64.4 Å². The number of fused-ring (bicyclic) bond motifs is 1. The van der Waals surface area contributed by atoms with Gasteiger partial charge >= 0.3 is 0 Å². The Morgan fingerprint density at radius 1 is 1.15 bits per heavy atom. The van der Waals surface area contributed by atoms with Crippen LogP contribution in [0.15, 0.2) is 47.2 Å². The number of benzene rings is 2. The number of aromatic nitrogens is 2. The largest absolute Gasteiger partial charge is 0.323 e. The minimum absolute atomic E-state index is 0.0158. The van der Waals surface area contributed by atoms with Crippen molar-refractivity contribution in [2.75, 3.05) is 0 Å². The van der Waals surface area contributed by atoms with Crippen molar-refractivity contribution < 1.29 is 8.78 Å². The van der Waals surface area contributed by atoms with Gasteiger partial charge in [0.25, 0.3) is 0 Å². The third-order valence-electron chi connectivity index (χ3n) is 3.39. The summed E-state index contributed by atoms with van der Waals surface area (Å²) in [6, 6.07) is 9.43. The van der Waals surface area contributed by atoms with Crippen LogP contribution in [-0.2, 0) is 0 Å². The van der Waals surface area contributed by atoms with Crippen molar-refractivity contribution in [2.45, 2.75) is 13.0 Å². The fourth-order valence-electron chi connectivity index (χ4n) is 2.23. The Morgan fingerprint density at radius 2 is 1.85 bits per heavy atom. The number of imidazole rings is 1. The summed E-state index contributed by atoms with van der Waals surface area (Å²) >= 11 is 3.18. The van der Waals surface area contributed by atoms with Gasteiger partial charge in [0, 0.05) is 6.07 Å². The van der Waals surface area contributed by atoms with E-state index in [1.807, 2.05) is 11.5 Å². The molecule has 0 saturated heterocycles. The Balaban J connectivity index is 2.09. The molecule has 0 aliphatic carbocycles. The zero-order chi connectivity index (χ0) is 14.3. The molecular formula is C15H11BrF2N2. The first-order valence-corrected chi connectivity index (χ1v) is 6.92. The highest BCUT2D eigenvalue weighted by molar-refractivity contribution is 9.10. The SMILES string of the molecule is C[C@@H](c1ccc(F)cc1)n1cnc2cc(F)c(Br)cc21. The summed E-state index contributed by atoms with van der Waals surface area (Å²) < 4.78 is 28.8. The van der Waals surface area contributed by atoms with Crippen LogP contribution in [0.2, 0.25) is 0 Å². The Hall–Kier alpha value is -1.75. The van der Waals surface area contributed by atoms with Crippen LogP contribution < -0.4 is 0 Å². The second-order valence-electron chi connectivity index (χ2n) is 4.63. The lowest BCUT2D eigenvalue weighted by atomic mass is 10.1. The molecule has 3 rings (SSSR count). The first kappa shape index (κ1) is 13.2. The first-order valence-electron chi connectivity index (χ1n) is 6.13. The summed E-state index contributed by atoms with van der Waals surface area (Å²) in [6.07, 6.45) is 1.67. The number of hydrogen-bond acceptors (Lipinski definition) is 1. The molecule has 1 atom stereocenters.